The zero-order valence-electron chi connectivity index (χ0n) is 7.64. The van der Waals surface area contributed by atoms with E-state index in [1.165, 1.54) is 32.1 Å². The average molecular weight is 280 g/mol. The van der Waals surface area contributed by atoms with Crippen molar-refractivity contribution in [2.75, 3.05) is 0 Å². The Kier molecular flexibility index (Phi) is 24.1. The third kappa shape index (κ3) is 17.6. The minimum Gasteiger partial charge on any atom is -1.00 e. The Labute approximate surface area is 114 Å². The van der Waals surface area contributed by atoms with Crippen molar-refractivity contribution >= 4 is 52.1 Å². The van der Waals surface area contributed by atoms with Crippen LogP contribution < -0.4 is 17.0 Å². The molecule has 0 aromatic heterocycles. The quantitative estimate of drug-likeness (QED) is 0.287. The van der Waals surface area contributed by atoms with Crippen LogP contribution in [0.4, 0.5) is 0 Å². The molecular weight excluding hydrogens is 264 g/mol. The standard InChI is InChI=1S/C8H16S2.BrH.Mg/c1-2-3-4-5-6-7-8(9)10;;/h2-7H2,1H3,(H,9,10);1H;/q;;+2/p-2. The second-order valence-corrected chi connectivity index (χ2v) is 3.78. The number of hydrogen-bond acceptors (Lipinski definition) is 2. The predicted octanol–water partition coefficient (Wildman–Crippen LogP) is -0.156. The normalized spacial score (nSPS) is 8.08. The first-order valence-corrected chi connectivity index (χ1v) is 4.79. The van der Waals surface area contributed by atoms with Crippen LogP contribution in [0.25, 0.3) is 0 Å². The van der Waals surface area contributed by atoms with E-state index in [0.717, 1.165) is 10.6 Å². The SMILES string of the molecule is CCCCCCCC(=S)[S-].[Br-].[Mg+2]. The molecule has 0 aromatic carbocycles. The molecule has 0 nitrogen and oxygen atoms in total. The average Bonchev–Trinajstić information content (AvgIpc) is 1.87. The summed E-state index contributed by atoms with van der Waals surface area (Å²) in [7, 11) is 0. The molecule has 0 rings (SSSR count). The van der Waals surface area contributed by atoms with Crippen molar-refractivity contribution < 1.29 is 17.0 Å². The summed E-state index contributed by atoms with van der Waals surface area (Å²) in [5.41, 5.74) is 0. The summed E-state index contributed by atoms with van der Waals surface area (Å²) in [6.45, 7) is 2.22. The monoisotopic (exact) mass is 278 g/mol. The van der Waals surface area contributed by atoms with Crippen molar-refractivity contribution in [1.82, 2.24) is 0 Å². The van der Waals surface area contributed by atoms with Gasteiger partial charge < -0.3 is 41.8 Å². The van der Waals surface area contributed by atoms with E-state index < -0.39 is 0 Å². The fraction of sp³-hybridized carbons (Fsp3) is 0.875. The van der Waals surface area contributed by atoms with Gasteiger partial charge in [-0.25, -0.2) is 0 Å². The van der Waals surface area contributed by atoms with Gasteiger partial charge in [-0.1, -0.05) is 39.0 Å². The van der Waals surface area contributed by atoms with Gasteiger partial charge in [-0.3, -0.25) is 0 Å². The molecule has 0 aromatic rings. The molecule has 12 heavy (non-hydrogen) atoms. The zero-order chi connectivity index (χ0) is 7.82. The Morgan fingerprint density at radius 2 is 1.67 bits per heavy atom. The Bertz CT molecular complexity index is 99.1. The second-order valence-electron chi connectivity index (χ2n) is 2.54. The van der Waals surface area contributed by atoms with E-state index in [9.17, 15) is 0 Å². The summed E-state index contributed by atoms with van der Waals surface area (Å²) in [6.07, 6.45) is 7.46. The van der Waals surface area contributed by atoms with Gasteiger partial charge >= 0.3 is 23.1 Å². The topological polar surface area (TPSA) is 0 Å². The van der Waals surface area contributed by atoms with E-state index in [0.29, 0.717) is 0 Å². The molecule has 4 heteroatoms. The first kappa shape index (κ1) is 19.2. The largest absolute Gasteiger partial charge is 2.00 e. The minimum absolute atomic E-state index is 0. The van der Waals surface area contributed by atoms with Crippen LogP contribution in [0, 0.1) is 0 Å². The van der Waals surface area contributed by atoms with Crippen LogP contribution in [0.5, 0.6) is 0 Å². The molecule has 0 aliphatic heterocycles. The molecule has 0 heterocycles. The third-order valence-electron chi connectivity index (χ3n) is 1.48. The molecule has 0 N–H and O–H groups in total. The first-order chi connectivity index (χ1) is 4.77. The van der Waals surface area contributed by atoms with Gasteiger partial charge in [0.25, 0.3) is 0 Å². The van der Waals surface area contributed by atoms with Gasteiger partial charge in [0.15, 0.2) is 0 Å². The van der Waals surface area contributed by atoms with E-state index in [2.05, 4.69) is 6.92 Å². The van der Waals surface area contributed by atoms with Crippen LogP contribution in [-0.4, -0.2) is 27.2 Å². The maximum Gasteiger partial charge on any atom is 2.00 e. The van der Waals surface area contributed by atoms with E-state index in [-0.39, 0.29) is 40.0 Å². The number of hydrogen-bond donors (Lipinski definition) is 0. The minimum atomic E-state index is 0. The van der Waals surface area contributed by atoms with Crippen molar-refractivity contribution in [1.29, 1.82) is 0 Å². The predicted molar refractivity (Wildman–Crippen MR) is 59.1 cm³/mol. The molecular formula is C8H15BrMgS2. The van der Waals surface area contributed by atoms with Crippen molar-refractivity contribution in [3.8, 4) is 0 Å². The molecule has 0 bridgehead atoms. The molecule has 0 radical (unpaired) electrons. The van der Waals surface area contributed by atoms with E-state index in [4.69, 9.17) is 24.8 Å². The molecule has 0 aliphatic rings. The molecule has 0 saturated heterocycles. The van der Waals surface area contributed by atoms with E-state index in [1.54, 1.807) is 0 Å². The number of rotatable bonds is 6. The summed E-state index contributed by atoms with van der Waals surface area (Å²) in [5.74, 6) is 0. The van der Waals surface area contributed by atoms with Crippen molar-refractivity contribution in [3.63, 3.8) is 0 Å². The van der Waals surface area contributed by atoms with Gasteiger partial charge in [-0.15, -0.1) is 0 Å². The number of halogens is 1. The summed E-state index contributed by atoms with van der Waals surface area (Å²) in [6, 6.07) is 0. The van der Waals surface area contributed by atoms with Gasteiger partial charge in [0.1, 0.15) is 0 Å². The van der Waals surface area contributed by atoms with Crippen molar-refractivity contribution in [3.05, 3.63) is 0 Å². The summed E-state index contributed by atoms with van der Waals surface area (Å²) < 4.78 is 0.747. The fourth-order valence-electron chi connectivity index (χ4n) is 0.873. The third-order valence-corrected chi connectivity index (χ3v) is 1.89. The van der Waals surface area contributed by atoms with Crippen LogP contribution in [0.3, 0.4) is 0 Å². The number of thiocarbonyl (C=S) groups is 1. The first-order valence-electron chi connectivity index (χ1n) is 3.97. The Balaban J connectivity index is -0.000000405. The van der Waals surface area contributed by atoms with Crippen LogP contribution in [-0.2, 0) is 12.6 Å². The van der Waals surface area contributed by atoms with Gasteiger partial charge in [0.2, 0.25) is 0 Å². The molecule has 0 amide bonds. The van der Waals surface area contributed by atoms with E-state index in [1.807, 2.05) is 0 Å². The summed E-state index contributed by atoms with van der Waals surface area (Å²) >= 11 is 9.58. The van der Waals surface area contributed by atoms with Gasteiger partial charge in [0, 0.05) is 0 Å². The molecule has 0 saturated carbocycles. The molecule has 68 valence electrons. The van der Waals surface area contributed by atoms with Crippen molar-refractivity contribution in [2.24, 2.45) is 0 Å². The summed E-state index contributed by atoms with van der Waals surface area (Å²) in [5, 5.41) is 0. The molecule has 0 atom stereocenters. The smallest absolute Gasteiger partial charge is 1.00 e. The molecule has 0 aliphatic carbocycles. The fourth-order valence-corrected chi connectivity index (χ4v) is 1.16. The summed E-state index contributed by atoms with van der Waals surface area (Å²) in [4.78, 5) is 0. The van der Waals surface area contributed by atoms with Crippen LogP contribution in [0.15, 0.2) is 0 Å². The number of unbranched alkanes of at least 4 members (excludes halogenated alkanes) is 4. The van der Waals surface area contributed by atoms with E-state index >= 15 is 0 Å². The van der Waals surface area contributed by atoms with Gasteiger partial charge in [-0.2, -0.15) is 4.20 Å². The zero-order valence-corrected chi connectivity index (χ0v) is 12.3. The van der Waals surface area contributed by atoms with Crippen LogP contribution >= 0.6 is 12.2 Å². The van der Waals surface area contributed by atoms with Crippen molar-refractivity contribution in [2.45, 2.75) is 45.4 Å². The molecule has 0 unspecified atom stereocenters. The Hall–Kier alpha value is 1.56. The Morgan fingerprint density at radius 3 is 2.08 bits per heavy atom. The molecule has 0 fully saturated rings. The van der Waals surface area contributed by atoms with Gasteiger partial charge in [0.05, 0.1) is 0 Å². The van der Waals surface area contributed by atoms with Crippen LogP contribution in [0.1, 0.15) is 45.4 Å². The Morgan fingerprint density at radius 1 is 1.17 bits per heavy atom. The second kappa shape index (κ2) is 15.0. The molecule has 0 spiro atoms. The maximum atomic E-state index is 4.79. The maximum absolute atomic E-state index is 4.79. The van der Waals surface area contributed by atoms with Crippen LogP contribution in [0.2, 0.25) is 0 Å². The van der Waals surface area contributed by atoms with Gasteiger partial charge in [-0.05, 0) is 6.42 Å².